The van der Waals surface area contributed by atoms with Crippen LogP contribution in [0.15, 0.2) is 42.5 Å². The highest BCUT2D eigenvalue weighted by atomic mass is 19.1. The minimum Gasteiger partial charge on any atom is -0.494 e. The normalized spacial score (nSPS) is 10.3. The molecule has 0 bridgehead atoms. The third kappa shape index (κ3) is 4.55. The summed E-state index contributed by atoms with van der Waals surface area (Å²) in [5.74, 6) is -1.30. The first kappa shape index (κ1) is 15.9. The van der Waals surface area contributed by atoms with E-state index in [1.807, 2.05) is 31.2 Å². The number of aryl methyl sites for hydroxylation is 1. The molecule has 0 atom stereocenters. The van der Waals surface area contributed by atoms with Crippen molar-refractivity contribution in [2.24, 2.45) is 0 Å². The lowest BCUT2D eigenvalue weighted by atomic mass is 10.2. The van der Waals surface area contributed by atoms with Gasteiger partial charge in [0.1, 0.15) is 23.1 Å². The highest BCUT2D eigenvalue weighted by Crippen LogP contribution is 2.18. The number of rotatable bonds is 6. The monoisotopic (exact) mass is 305 g/mol. The van der Waals surface area contributed by atoms with Crippen molar-refractivity contribution in [3.05, 3.63) is 59.7 Å². The molecule has 0 fully saturated rings. The molecule has 0 heterocycles. The van der Waals surface area contributed by atoms with Crippen LogP contribution in [0.1, 0.15) is 18.4 Å². The molecular weight excluding hydrogens is 288 g/mol. The molecule has 0 spiro atoms. The number of hydrogen-bond acceptors (Lipinski definition) is 2. The first-order chi connectivity index (χ1) is 10.6. The molecule has 2 aromatic rings. The lowest BCUT2D eigenvalue weighted by Gasteiger charge is -2.08. The molecule has 3 nitrogen and oxygen atoms in total. The number of nitrogens with one attached hydrogen (secondary N) is 1. The molecule has 0 aromatic heterocycles. The molecule has 0 saturated heterocycles. The van der Waals surface area contributed by atoms with E-state index in [4.69, 9.17) is 4.74 Å². The Morgan fingerprint density at radius 3 is 2.36 bits per heavy atom. The van der Waals surface area contributed by atoms with Crippen LogP contribution in [-0.2, 0) is 4.79 Å². The van der Waals surface area contributed by atoms with Crippen molar-refractivity contribution in [2.75, 3.05) is 11.9 Å². The van der Waals surface area contributed by atoms with Gasteiger partial charge in [0.25, 0.3) is 0 Å². The second-order valence-electron chi connectivity index (χ2n) is 4.91. The minimum absolute atomic E-state index is 0.125. The quantitative estimate of drug-likeness (QED) is 0.817. The summed E-state index contributed by atoms with van der Waals surface area (Å²) < 4.78 is 32.2. The average Bonchev–Trinajstić information content (AvgIpc) is 2.49. The second-order valence-corrected chi connectivity index (χ2v) is 4.91. The first-order valence-corrected chi connectivity index (χ1v) is 6.99. The fourth-order valence-corrected chi connectivity index (χ4v) is 1.88. The summed E-state index contributed by atoms with van der Waals surface area (Å²) in [5.41, 5.74) is 0.727. The van der Waals surface area contributed by atoms with Crippen molar-refractivity contribution in [1.29, 1.82) is 0 Å². The molecule has 0 aliphatic rings. The van der Waals surface area contributed by atoms with E-state index in [-0.39, 0.29) is 6.42 Å². The zero-order valence-corrected chi connectivity index (χ0v) is 12.2. The Morgan fingerprint density at radius 1 is 1.09 bits per heavy atom. The molecule has 2 rings (SSSR count). The van der Waals surface area contributed by atoms with Crippen LogP contribution in [0, 0.1) is 18.6 Å². The van der Waals surface area contributed by atoms with Gasteiger partial charge in [0.2, 0.25) is 5.91 Å². The van der Waals surface area contributed by atoms with Crippen molar-refractivity contribution < 1.29 is 18.3 Å². The molecule has 116 valence electrons. The van der Waals surface area contributed by atoms with E-state index in [9.17, 15) is 13.6 Å². The summed E-state index contributed by atoms with van der Waals surface area (Å²) in [7, 11) is 0. The minimum atomic E-state index is -0.788. The first-order valence-electron chi connectivity index (χ1n) is 6.99. The van der Waals surface area contributed by atoms with E-state index in [1.165, 1.54) is 6.07 Å². The van der Waals surface area contributed by atoms with Crippen molar-refractivity contribution in [3.8, 4) is 5.75 Å². The van der Waals surface area contributed by atoms with Crippen LogP contribution in [0.4, 0.5) is 14.5 Å². The Kier molecular flexibility index (Phi) is 5.47. The van der Waals surface area contributed by atoms with E-state index in [2.05, 4.69) is 5.32 Å². The molecule has 1 N–H and O–H groups in total. The number of amides is 1. The predicted octanol–water partition coefficient (Wildman–Crippen LogP) is 4.07. The van der Waals surface area contributed by atoms with Gasteiger partial charge in [-0.05, 0) is 37.6 Å². The van der Waals surface area contributed by atoms with Crippen molar-refractivity contribution in [3.63, 3.8) is 0 Å². The third-order valence-corrected chi connectivity index (χ3v) is 3.07. The van der Waals surface area contributed by atoms with E-state index >= 15 is 0 Å². The van der Waals surface area contributed by atoms with Crippen LogP contribution in [0.25, 0.3) is 0 Å². The van der Waals surface area contributed by atoms with Crippen LogP contribution < -0.4 is 10.1 Å². The molecule has 0 unspecified atom stereocenters. The van der Waals surface area contributed by atoms with Crippen molar-refractivity contribution >= 4 is 11.6 Å². The molecule has 2 aromatic carbocycles. The van der Waals surface area contributed by atoms with Crippen LogP contribution >= 0.6 is 0 Å². The third-order valence-electron chi connectivity index (χ3n) is 3.07. The Morgan fingerprint density at radius 2 is 1.73 bits per heavy atom. The van der Waals surface area contributed by atoms with Gasteiger partial charge in [-0.1, -0.05) is 23.8 Å². The van der Waals surface area contributed by atoms with Gasteiger partial charge in [0.15, 0.2) is 0 Å². The number of carbonyl (C=O) groups excluding carboxylic acids is 1. The number of anilines is 1. The largest absolute Gasteiger partial charge is 0.494 e. The lowest BCUT2D eigenvalue weighted by molar-refractivity contribution is -0.116. The number of hydrogen-bond donors (Lipinski definition) is 1. The standard InChI is InChI=1S/C17H17F2NO2/c1-12-7-9-13(10-8-12)22-11-3-6-16(21)20-17-14(18)4-2-5-15(17)19/h2,4-5,7-10H,3,6,11H2,1H3,(H,20,21). The second kappa shape index (κ2) is 7.54. The maximum absolute atomic E-state index is 13.4. The van der Waals surface area contributed by atoms with Gasteiger partial charge < -0.3 is 10.1 Å². The molecule has 5 heteroatoms. The SMILES string of the molecule is Cc1ccc(OCCCC(=O)Nc2c(F)cccc2F)cc1. The zero-order valence-electron chi connectivity index (χ0n) is 12.2. The van der Waals surface area contributed by atoms with E-state index in [1.54, 1.807) is 0 Å². The van der Waals surface area contributed by atoms with Crippen molar-refractivity contribution in [1.82, 2.24) is 0 Å². The summed E-state index contributed by atoms with van der Waals surface area (Å²) >= 11 is 0. The van der Waals surface area contributed by atoms with Gasteiger partial charge >= 0.3 is 0 Å². The van der Waals surface area contributed by atoms with Gasteiger partial charge in [0.05, 0.1) is 6.61 Å². The zero-order chi connectivity index (χ0) is 15.9. The Balaban J connectivity index is 1.75. The highest BCUT2D eigenvalue weighted by molar-refractivity contribution is 5.90. The Bertz CT molecular complexity index is 621. The fraction of sp³-hybridized carbons (Fsp3) is 0.235. The predicted molar refractivity (Wildman–Crippen MR) is 80.9 cm³/mol. The Labute approximate surface area is 127 Å². The van der Waals surface area contributed by atoms with Gasteiger partial charge in [-0.15, -0.1) is 0 Å². The molecule has 1 amide bonds. The molecule has 22 heavy (non-hydrogen) atoms. The van der Waals surface area contributed by atoms with Crippen LogP contribution in [0.2, 0.25) is 0 Å². The molecule has 0 aliphatic heterocycles. The van der Waals surface area contributed by atoms with E-state index < -0.39 is 23.2 Å². The summed E-state index contributed by atoms with van der Waals surface area (Å²) in [6.07, 6.45) is 0.579. The van der Waals surface area contributed by atoms with Crippen molar-refractivity contribution in [2.45, 2.75) is 19.8 Å². The molecule has 0 saturated carbocycles. The number of halogens is 2. The Hall–Kier alpha value is -2.43. The summed E-state index contributed by atoms with van der Waals surface area (Å²) in [5, 5.41) is 2.24. The van der Waals surface area contributed by atoms with E-state index in [0.717, 1.165) is 23.4 Å². The van der Waals surface area contributed by atoms with Crippen LogP contribution in [0.5, 0.6) is 5.75 Å². The van der Waals surface area contributed by atoms with E-state index in [0.29, 0.717) is 13.0 Å². The lowest BCUT2D eigenvalue weighted by Crippen LogP contribution is -2.15. The molecule has 0 aliphatic carbocycles. The maximum atomic E-state index is 13.4. The van der Waals surface area contributed by atoms with Crippen LogP contribution in [-0.4, -0.2) is 12.5 Å². The summed E-state index contributed by atoms with van der Waals surface area (Å²) in [6, 6.07) is 11.0. The average molecular weight is 305 g/mol. The number of para-hydroxylation sites is 1. The van der Waals surface area contributed by atoms with Gasteiger partial charge in [-0.2, -0.15) is 0 Å². The van der Waals surface area contributed by atoms with Gasteiger partial charge in [-0.25, -0.2) is 8.78 Å². The van der Waals surface area contributed by atoms with Gasteiger partial charge in [-0.3, -0.25) is 4.79 Å². The fourth-order valence-electron chi connectivity index (χ4n) is 1.88. The summed E-state index contributed by atoms with van der Waals surface area (Å²) in [4.78, 5) is 11.7. The smallest absolute Gasteiger partial charge is 0.224 e. The number of carbonyl (C=O) groups is 1. The highest BCUT2D eigenvalue weighted by Gasteiger charge is 2.11. The van der Waals surface area contributed by atoms with Crippen LogP contribution in [0.3, 0.4) is 0 Å². The molecule has 0 radical (unpaired) electrons. The number of benzene rings is 2. The topological polar surface area (TPSA) is 38.3 Å². The summed E-state index contributed by atoms with van der Waals surface area (Å²) in [6.45, 7) is 2.34. The van der Waals surface area contributed by atoms with Gasteiger partial charge in [0, 0.05) is 6.42 Å². The maximum Gasteiger partial charge on any atom is 0.224 e. The number of ether oxygens (including phenoxy) is 1. The molecular formula is C17H17F2NO2.